The highest BCUT2D eigenvalue weighted by atomic mass is 16.5. The zero-order valence-electron chi connectivity index (χ0n) is 24.9. The van der Waals surface area contributed by atoms with Crippen molar-refractivity contribution in [2.75, 3.05) is 86.7 Å². The Balaban J connectivity index is 1.08. The van der Waals surface area contributed by atoms with Gasteiger partial charge in [0, 0.05) is 48.8 Å². The molecule has 0 aliphatic carbocycles. The number of aromatic nitrogens is 3. The fourth-order valence-corrected chi connectivity index (χ4v) is 4.43. The first-order chi connectivity index (χ1) is 22.1. The molecule has 0 radical (unpaired) electrons. The average molecular weight is 615 g/mol. The molecule has 4 aromatic rings. The molecule has 0 saturated carbocycles. The number of rotatable bonds is 16. The van der Waals surface area contributed by atoms with Crippen molar-refractivity contribution >= 4 is 40.8 Å². The summed E-state index contributed by atoms with van der Waals surface area (Å²) in [6, 6.07) is 23.8. The molecule has 5 rings (SSSR count). The summed E-state index contributed by atoms with van der Waals surface area (Å²) in [5.74, 6) is 1.11. The van der Waals surface area contributed by atoms with Crippen LogP contribution in [0.5, 0.6) is 5.75 Å². The van der Waals surface area contributed by atoms with Gasteiger partial charge in [-0.05, 0) is 60.7 Å². The summed E-state index contributed by atoms with van der Waals surface area (Å²) in [6.07, 6.45) is 0. The molecule has 0 spiro atoms. The number of anilines is 6. The van der Waals surface area contributed by atoms with E-state index in [0.717, 1.165) is 37.7 Å². The van der Waals surface area contributed by atoms with Crippen LogP contribution in [0.15, 0.2) is 78.9 Å². The Bertz CT molecular complexity index is 1470. The van der Waals surface area contributed by atoms with E-state index in [-0.39, 0.29) is 11.7 Å². The number of phenolic OH excluding ortho intramolecular Hbond substituents is 1. The summed E-state index contributed by atoms with van der Waals surface area (Å²) in [5.41, 5.74) is 3.31. The summed E-state index contributed by atoms with van der Waals surface area (Å²) in [5, 5.41) is 22.0. The number of carbonyl (C=O) groups excluding carboxylic acids is 1. The molecule has 1 amide bonds. The topological polar surface area (TPSA) is 155 Å². The van der Waals surface area contributed by atoms with E-state index in [4.69, 9.17) is 14.2 Å². The molecule has 0 atom stereocenters. The minimum absolute atomic E-state index is 0.124. The van der Waals surface area contributed by atoms with E-state index < -0.39 is 0 Å². The van der Waals surface area contributed by atoms with Crippen LogP contribution in [0.2, 0.25) is 0 Å². The third-order valence-corrected chi connectivity index (χ3v) is 6.73. The van der Waals surface area contributed by atoms with Gasteiger partial charge in [-0.15, -0.1) is 0 Å². The molecule has 1 aliphatic rings. The molecule has 1 saturated heterocycles. The number of aromatic hydroxyl groups is 1. The number of ether oxygens (including phenoxy) is 3. The van der Waals surface area contributed by atoms with Crippen LogP contribution in [0, 0.1) is 0 Å². The lowest BCUT2D eigenvalue weighted by atomic mass is 10.2. The van der Waals surface area contributed by atoms with Gasteiger partial charge >= 0.3 is 0 Å². The zero-order chi connectivity index (χ0) is 31.1. The van der Waals surface area contributed by atoms with Crippen molar-refractivity contribution in [2.24, 2.45) is 0 Å². The van der Waals surface area contributed by atoms with Gasteiger partial charge in [-0.2, -0.15) is 15.0 Å². The van der Waals surface area contributed by atoms with Crippen LogP contribution in [0.3, 0.4) is 0 Å². The van der Waals surface area contributed by atoms with Crippen LogP contribution >= 0.6 is 0 Å². The normalized spacial score (nSPS) is 12.8. The maximum atomic E-state index is 12.0. The van der Waals surface area contributed by atoms with Crippen LogP contribution in [0.4, 0.5) is 34.9 Å². The lowest BCUT2D eigenvalue weighted by Crippen LogP contribution is -2.36. The SMILES string of the molecule is O=C(NCCOCCOCCNc1nc(Nc2ccc(O)cc2)nc(Nc2ccc(N3CCOCC3)cc2)n1)c1ccccc1. The van der Waals surface area contributed by atoms with Gasteiger partial charge in [0.2, 0.25) is 17.8 Å². The molecule has 13 nitrogen and oxygen atoms in total. The van der Waals surface area contributed by atoms with E-state index in [0.29, 0.717) is 68.6 Å². The molecule has 1 aliphatic heterocycles. The highest BCUT2D eigenvalue weighted by Crippen LogP contribution is 2.23. The van der Waals surface area contributed by atoms with Crippen LogP contribution in [-0.4, -0.2) is 91.8 Å². The van der Waals surface area contributed by atoms with Gasteiger partial charge in [-0.3, -0.25) is 4.79 Å². The zero-order valence-corrected chi connectivity index (χ0v) is 24.9. The van der Waals surface area contributed by atoms with Gasteiger partial charge in [-0.25, -0.2) is 0 Å². The quantitative estimate of drug-likeness (QED) is 0.0922. The van der Waals surface area contributed by atoms with E-state index in [9.17, 15) is 9.90 Å². The number of amides is 1. The van der Waals surface area contributed by atoms with Gasteiger partial charge in [-0.1, -0.05) is 18.2 Å². The van der Waals surface area contributed by atoms with Crippen molar-refractivity contribution in [2.45, 2.75) is 0 Å². The molecule has 13 heteroatoms. The number of carbonyl (C=O) groups is 1. The third kappa shape index (κ3) is 10.3. The summed E-state index contributed by atoms with van der Waals surface area (Å²) >= 11 is 0. The number of hydrogen-bond acceptors (Lipinski definition) is 12. The Morgan fingerprint density at radius 3 is 1.96 bits per heavy atom. The second kappa shape index (κ2) is 16.8. The van der Waals surface area contributed by atoms with Gasteiger partial charge in [0.05, 0.1) is 39.6 Å². The molecule has 5 N–H and O–H groups in total. The number of morpholine rings is 1. The third-order valence-electron chi connectivity index (χ3n) is 6.73. The molecule has 45 heavy (non-hydrogen) atoms. The Morgan fingerprint density at radius 2 is 1.31 bits per heavy atom. The van der Waals surface area contributed by atoms with Gasteiger partial charge in [0.15, 0.2) is 0 Å². The van der Waals surface area contributed by atoms with E-state index in [1.807, 2.05) is 30.3 Å². The highest BCUT2D eigenvalue weighted by molar-refractivity contribution is 5.94. The Labute approximate surface area is 262 Å². The number of nitrogens with one attached hydrogen (secondary N) is 4. The van der Waals surface area contributed by atoms with Crippen LogP contribution in [0.25, 0.3) is 0 Å². The first-order valence-corrected chi connectivity index (χ1v) is 14.9. The fourth-order valence-electron chi connectivity index (χ4n) is 4.43. The first-order valence-electron chi connectivity index (χ1n) is 14.9. The number of nitrogens with zero attached hydrogens (tertiary/aromatic N) is 4. The molecule has 1 aromatic heterocycles. The monoisotopic (exact) mass is 614 g/mol. The fraction of sp³-hybridized carbons (Fsp3) is 0.312. The highest BCUT2D eigenvalue weighted by Gasteiger charge is 2.12. The Hall–Kier alpha value is -4.98. The number of hydrogen-bond donors (Lipinski definition) is 5. The second-order valence-electron chi connectivity index (χ2n) is 10.0. The molecule has 3 aromatic carbocycles. The summed E-state index contributed by atoms with van der Waals surface area (Å²) in [7, 11) is 0. The van der Waals surface area contributed by atoms with Crippen LogP contribution in [0.1, 0.15) is 10.4 Å². The second-order valence-corrected chi connectivity index (χ2v) is 10.0. The van der Waals surface area contributed by atoms with Crippen molar-refractivity contribution in [1.29, 1.82) is 0 Å². The van der Waals surface area contributed by atoms with E-state index in [2.05, 4.69) is 53.3 Å². The van der Waals surface area contributed by atoms with Crippen molar-refractivity contribution in [3.63, 3.8) is 0 Å². The van der Waals surface area contributed by atoms with Gasteiger partial charge in [0.1, 0.15) is 5.75 Å². The molecular formula is C32H38N8O5. The summed E-state index contributed by atoms with van der Waals surface area (Å²) in [6.45, 7) is 5.70. The standard InChI is InChI=1S/C32H38N8O5/c41-28-12-8-26(9-13-28)36-32-38-30(34-15-19-44-23-22-43-18-14-33-29(42)24-4-2-1-3-5-24)37-31(39-32)35-25-6-10-27(11-7-25)40-16-20-45-21-17-40/h1-13,41H,14-23H2,(H,33,42)(H3,34,35,36,37,38,39). The van der Waals surface area contributed by atoms with Crippen molar-refractivity contribution in [3.8, 4) is 5.75 Å². The lowest BCUT2D eigenvalue weighted by molar-refractivity contribution is 0.0519. The number of phenols is 1. The van der Waals surface area contributed by atoms with Crippen LogP contribution in [-0.2, 0) is 14.2 Å². The first kappa shape index (κ1) is 31.4. The van der Waals surface area contributed by atoms with E-state index >= 15 is 0 Å². The van der Waals surface area contributed by atoms with Gasteiger partial charge < -0.3 is 45.5 Å². The minimum Gasteiger partial charge on any atom is -0.508 e. The maximum absolute atomic E-state index is 12.0. The Morgan fingerprint density at radius 1 is 0.733 bits per heavy atom. The molecule has 236 valence electrons. The molecule has 1 fully saturated rings. The smallest absolute Gasteiger partial charge is 0.251 e. The number of benzene rings is 3. The maximum Gasteiger partial charge on any atom is 0.251 e. The summed E-state index contributed by atoms with van der Waals surface area (Å²) in [4.78, 5) is 27.9. The van der Waals surface area contributed by atoms with E-state index in [1.54, 1.807) is 36.4 Å². The van der Waals surface area contributed by atoms with Gasteiger partial charge in [0.25, 0.3) is 5.91 Å². The Kier molecular flexibility index (Phi) is 11.7. The average Bonchev–Trinajstić information content (AvgIpc) is 3.07. The van der Waals surface area contributed by atoms with Crippen molar-refractivity contribution in [1.82, 2.24) is 20.3 Å². The van der Waals surface area contributed by atoms with E-state index in [1.165, 1.54) is 0 Å². The minimum atomic E-state index is -0.124. The van der Waals surface area contributed by atoms with Crippen molar-refractivity contribution in [3.05, 3.63) is 84.4 Å². The predicted molar refractivity (Wildman–Crippen MR) is 173 cm³/mol. The molecule has 0 unspecified atom stereocenters. The summed E-state index contributed by atoms with van der Waals surface area (Å²) < 4.78 is 16.7. The van der Waals surface area contributed by atoms with Crippen LogP contribution < -0.4 is 26.2 Å². The molecule has 0 bridgehead atoms. The molecular weight excluding hydrogens is 576 g/mol. The largest absolute Gasteiger partial charge is 0.508 e. The molecule has 2 heterocycles. The van der Waals surface area contributed by atoms with Crippen molar-refractivity contribution < 1.29 is 24.1 Å². The predicted octanol–water partition coefficient (Wildman–Crippen LogP) is 3.78. The lowest BCUT2D eigenvalue weighted by Gasteiger charge is -2.28.